The molecule has 24 heavy (non-hydrogen) atoms. The van der Waals surface area contributed by atoms with E-state index in [0.29, 0.717) is 5.69 Å². The molecular formula is C18H12FN3O2. The lowest BCUT2D eigenvalue weighted by Gasteiger charge is -2.04. The Kier molecular flexibility index (Phi) is 3.16. The third-order valence-corrected chi connectivity index (χ3v) is 3.83. The number of fused-ring (bicyclic) bond motifs is 1. The number of benzene rings is 2. The van der Waals surface area contributed by atoms with Crippen LogP contribution in [0.15, 0.2) is 58.3 Å². The Morgan fingerprint density at radius 1 is 1.17 bits per heavy atom. The molecule has 4 rings (SSSR count). The van der Waals surface area contributed by atoms with E-state index in [1.54, 1.807) is 18.4 Å². The monoisotopic (exact) mass is 321 g/mol. The Morgan fingerprint density at radius 2 is 2.00 bits per heavy atom. The summed E-state index contributed by atoms with van der Waals surface area (Å²) in [6.07, 6.45) is 3.21. The van der Waals surface area contributed by atoms with Crippen LogP contribution in [-0.2, 0) is 0 Å². The van der Waals surface area contributed by atoms with Crippen LogP contribution in [0.1, 0.15) is 11.1 Å². The van der Waals surface area contributed by atoms with Gasteiger partial charge in [0.1, 0.15) is 11.4 Å². The van der Waals surface area contributed by atoms with Gasteiger partial charge in [0.15, 0.2) is 0 Å². The first-order valence-electron chi connectivity index (χ1n) is 7.28. The van der Waals surface area contributed by atoms with Crippen molar-refractivity contribution >= 4 is 23.6 Å². The number of nitrogens with zero attached hydrogens (tertiary/aromatic N) is 2. The average Bonchev–Trinajstić information content (AvgIpc) is 3.11. The largest absolute Gasteiger partial charge is 0.493 e. The fourth-order valence-corrected chi connectivity index (χ4v) is 2.68. The molecule has 0 unspecified atom stereocenters. The van der Waals surface area contributed by atoms with Gasteiger partial charge in [-0.1, -0.05) is 24.3 Å². The SMILES string of the molecule is O=c1[nH]n(-c2cccc(F)c2)c(O)c1/C=C1\C=Nc2ccccc21. The summed E-state index contributed by atoms with van der Waals surface area (Å²) in [5.41, 5.74) is 2.37. The Morgan fingerprint density at radius 3 is 2.83 bits per heavy atom. The highest BCUT2D eigenvalue weighted by Gasteiger charge is 2.17. The number of allylic oxidation sites excluding steroid dienone is 1. The summed E-state index contributed by atoms with van der Waals surface area (Å²) >= 11 is 0. The summed E-state index contributed by atoms with van der Waals surface area (Å²) in [6.45, 7) is 0. The predicted molar refractivity (Wildman–Crippen MR) is 90.5 cm³/mol. The zero-order valence-corrected chi connectivity index (χ0v) is 12.4. The first-order valence-corrected chi connectivity index (χ1v) is 7.28. The maximum atomic E-state index is 13.4. The highest BCUT2D eigenvalue weighted by molar-refractivity contribution is 6.21. The molecule has 2 N–H and O–H groups in total. The van der Waals surface area contributed by atoms with Crippen molar-refractivity contribution in [2.24, 2.45) is 4.99 Å². The molecule has 1 aromatic heterocycles. The molecule has 1 aliphatic heterocycles. The Hall–Kier alpha value is -3.41. The number of nitrogens with one attached hydrogen (secondary N) is 1. The highest BCUT2D eigenvalue weighted by atomic mass is 19.1. The number of rotatable bonds is 2. The van der Waals surface area contributed by atoms with Crippen LogP contribution < -0.4 is 5.56 Å². The van der Waals surface area contributed by atoms with E-state index >= 15 is 0 Å². The lowest BCUT2D eigenvalue weighted by molar-refractivity contribution is 0.432. The van der Waals surface area contributed by atoms with Crippen LogP contribution >= 0.6 is 0 Å². The minimum Gasteiger partial charge on any atom is -0.493 e. The number of hydrogen-bond donors (Lipinski definition) is 2. The van der Waals surface area contributed by atoms with E-state index in [2.05, 4.69) is 10.1 Å². The zero-order valence-electron chi connectivity index (χ0n) is 12.4. The predicted octanol–water partition coefficient (Wildman–Crippen LogP) is 3.27. The van der Waals surface area contributed by atoms with Crippen LogP contribution in [-0.4, -0.2) is 21.1 Å². The average molecular weight is 321 g/mol. The molecule has 5 nitrogen and oxygen atoms in total. The number of para-hydroxylation sites is 1. The summed E-state index contributed by atoms with van der Waals surface area (Å²) in [7, 11) is 0. The first-order chi connectivity index (χ1) is 11.6. The van der Waals surface area contributed by atoms with Crippen LogP contribution in [0.4, 0.5) is 10.1 Å². The first kappa shape index (κ1) is 14.2. The van der Waals surface area contributed by atoms with Gasteiger partial charge in [0.25, 0.3) is 5.56 Å². The summed E-state index contributed by atoms with van der Waals surface area (Å²) in [5, 5.41) is 12.9. The minimum atomic E-state index is -0.470. The molecule has 0 radical (unpaired) electrons. The van der Waals surface area contributed by atoms with Gasteiger partial charge in [0.2, 0.25) is 5.88 Å². The normalized spacial score (nSPS) is 14.3. The molecule has 118 valence electrons. The third kappa shape index (κ3) is 2.25. The molecule has 3 aromatic rings. The molecule has 0 atom stereocenters. The van der Waals surface area contributed by atoms with Crippen molar-refractivity contribution in [1.29, 1.82) is 0 Å². The Bertz CT molecular complexity index is 1060. The molecule has 0 saturated heterocycles. The van der Waals surface area contributed by atoms with Crippen molar-refractivity contribution < 1.29 is 9.50 Å². The van der Waals surface area contributed by atoms with Gasteiger partial charge in [-0.25, -0.2) is 9.07 Å². The van der Waals surface area contributed by atoms with Crippen LogP contribution in [0.25, 0.3) is 17.3 Å². The fraction of sp³-hybridized carbons (Fsp3) is 0. The second kappa shape index (κ2) is 5.34. The van der Waals surface area contributed by atoms with Gasteiger partial charge in [0.05, 0.1) is 11.4 Å². The molecule has 0 amide bonds. The van der Waals surface area contributed by atoms with Crippen molar-refractivity contribution in [3.8, 4) is 11.6 Å². The van der Waals surface area contributed by atoms with Gasteiger partial charge in [-0.05, 0) is 30.3 Å². The van der Waals surface area contributed by atoms with E-state index in [0.717, 1.165) is 21.5 Å². The molecule has 1 aliphatic rings. The van der Waals surface area contributed by atoms with E-state index in [1.807, 2.05) is 24.3 Å². The summed E-state index contributed by atoms with van der Waals surface area (Å²) in [5.74, 6) is -0.742. The van der Waals surface area contributed by atoms with E-state index in [4.69, 9.17) is 0 Å². The molecule has 6 heteroatoms. The highest BCUT2D eigenvalue weighted by Crippen LogP contribution is 2.33. The van der Waals surface area contributed by atoms with Gasteiger partial charge in [-0.3, -0.25) is 14.9 Å². The number of aromatic nitrogens is 2. The van der Waals surface area contributed by atoms with Crippen molar-refractivity contribution in [2.75, 3.05) is 0 Å². The number of halogens is 1. The smallest absolute Gasteiger partial charge is 0.275 e. The van der Waals surface area contributed by atoms with Crippen molar-refractivity contribution in [1.82, 2.24) is 9.78 Å². The molecular weight excluding hydrogens is 309 g/mol. The van der Waals surface area contributed by atoms with Crippen LogP contribution in [0.3, 0.4) is 0 Å². The van der Waals surface area contributed by atoms with E-state index in [-0.39, 0.29) is 11.4 Å². The van der Waals surface area contributed by atoms with Crippen molar-refractivity contribution in [3.05, 3.63) is 75.8 Å². The lowest BCUT2D eigenvalue weighted by atomic mass is 10.1. The number of H-pyrrole nitrogens is 1. The molecule has 2 heterocycles. The van der Waals surface area contributed by atoms with Gasteiger partial charge in [-0.15, -0.1) is 0 Å². The second-order valence-electron chi connectivity index (χ2n) is 5.37. The topological polar surface area (TPSA) is 70.4 Å². The van der Waals surface area contributed by atoms with Gasteiger partial charge in [0, 0.05) is 17.4 Å². The van der Waals surface area contributed by atoms with Crippen molar-refractivity contribution in [3.63, 3.8) is 0 Å². The lowest BCUT2D eigenvalue weighted by Crippen LogP contribution is -2.05. The number of aliphatic imine (C=N–C) groups is 1. The summed E-state index contributed by atoms with van der Waals surface area (Å²) in [6, 6.07) is 13.1. The van der Waals surface area contributed by atoms with Gasteiger partial charge < -0.3 is 5.11 Å². The maximum Gasteiger partial charge on any atom is 0.275 e. The molecule has 0 saturated carbocycles. The molecule has 0 fully saturated rings. The van der Waals surface area contributed by atoms with Crippen molar-refractivity contribution in [2.45, 2.75) is 0 Å². The number of aromatic amines is 1. The quantitative estimate of drug-likeness (QED) is 0.760. The van der Waals surface area contributed by atoms with E-state index < -0.39 is 11.4 Å². The van der Waals surface area contributed by atoms with E-state index in [9.17, 15) is 14.3 Å². The Balaban J connectivity index is 1.83. The number of aromatic hydroxyl groups is 1. The minimum absolute atomic E-state index is 0.0948. The molecule has 0 spiro atoms. The van der Waals surface area contributed by atoms with Crippen LogP contribution in [0.2, 0.25) is 0 Å². The van der Waals surface area contributed by atoms with Crippen LogP contribution in [0.5, 0.6) is 5.88 Å². The van der Waals surface area contributed by atoms with E-state index in [1.165, 1.54) is 18.2 Å². The summed E-state index contributed by atoms with van der Waals surface area (Å²) in [4.78, 5) is 16.5. The second-order valence-corrected chi connectivity index (χ2v) is 5.37. The van der Waals surface area contributed by atoms with Gasteiger partial charge >= 0.3 is 0 Å². The fourth-order valence-electron chi connectivity index (χ4n) is 2.68. The molecule has 2 aromatic carbocycles. The summed E-state index contributed by atoms with van der Waals surface area (Å²) < 4.78 is 14.5. The van der Waals surface area contributed by atoms with Gasteiger partial charge in [-0.2, -0.15) is 0 Å². The molecule has 0 aliphatic carbocycles. The number of hydrogen-bond acceptors (Lipinski definition) is 3. The Labute approximate surface area is 136 Å². The third-order valence-electron chi connectivity index (χ3n) is 3.83. The molecule has 0 bridgehead atoms. The zero-order chi connectivity index (χ0) is 16.7. The standard InChI is InChI=1S/C18H12FN3O2/c19-12-4-3-5-13(9-12)22-18(24)15(17(23)21-22)8-11-10-20-16-7-2-1-6-14(11)16/h1-10,24H,(H,21,23)/b11-8+. The van der Waals surface area contributed by atoms with Crippen LogP contribution in [0, 0.1) is 5.82 Å². The maximum absolute atomic E-state index is 13.4.